The number of carbonyl (C=O) groups is 2. The van der Waals surface area contributed by atoms with Crippen molar-refractivity contribution in [2.75, 3.05) is 19.5 Å². The lowest BCUT2D eigenvalue weighted by Crippen LogP contribution is -2.14. The Labute approximate surface area is 139 Å². The van der Waals surface area contributed by atoms with Gasteiger partial charge in [0.25, 0.3) is 5.91 Å². The van der Waals surface area contributed by atoms with Crippen LogP contribution in [0, 0.1) is 13.8 Å². The van der Waals surface area contributed by atoms with E-state index in [-0.39, 0.29) is 5.91 Å². The fourth-order valence-corrected chi connectivity index (χ4v) is 3.20. The Balaban J connectivity index is 2.23. The van der Waals surface area contributed by atoms with Crippen molar-refractivity contribution in [3.8, 4) is 0 Å². The predicted molar refractivity (Wildman–Crippen MR) is 90.2 cm³/mol. The molecule has 2 rings (SSSR count). The van der Waals surface area contributed by atoms with Gasteiger partial charge in [0.1, 0.15) is 5.00 Å². The van der Waals surface area contributed by atoms with Gasteiger partial charge in [0, 0.05) is 17.6 Å². The topological polar surface area (TPSA) is 64.6 Å². The minimum atomic E-state index is -0.447. The summed E-state index contributed by atoms with van der Waals surface area (Å²) in [4.78, 5) is 25.3. The van der Waals surface area contributed by atoms with Crippen molar-refractivity contribution < 1.29 is 19.1 Å². The van der Waals surface area contributed by atoms with Crippen LogP contribution in [0.5, 0.6) is 0 Å². The molecule has 0 aliphatic heterocycles. The van der Waals surface area contributed by atoms with E-state index in [4.69, 9.17) is 9.47 Å². The number of ether oxygens (including phenoxy) is 2. The van der Waals surface area contributed by atoms with Crippen molar-refractivity contribution in [3.63, 3.8) is 0 Å². The first-order valence-corrected chi connectivity index (χ1v) is 7.87. The Kier molecular flexibility index (Phi) is 5.52. The largest absolute Gasteiger partial charge is 0.465 e. The maximum atomic E-state index is 12.4. The van der Waals surface area contributed by atoms with Gasteiger partial charge in [-0.15, -0.1) is 11.3 Å². The number of methoxy groups -OCH3 is 2. The highest BCUT2D eigenvalue weighted by molar-refractivity contribution is 7.16. The SMILES string of the molecule is COCc1ccc(C(=O)Nc2sc(C)c(C)c2C(=O)OC)cc1. The lowest BCUT2D eigenvalue weighted by Gasteiger charge is -2.07. The van der Waals surface area contributed by atoms with E-state index in [0.29, 0.717) is 22.7 Å². The lowest BCUT2D eigenvalue weighted by atomic mass is 10.1. The summed E-state index contributed by atoms with van der Waals surface area (Å²) in [5.41, 5.74) is 2.75. The van der Waals surface area contributed by atoms with Crippen LogP contribution in [0.15, 0.2) is 24.3 Å². The normalized spacial score (nSPS) is 10.4. The van der Waals surface area contributed by atoms with E-state index < -0.39 is 5.97 Å². The summed E-state index contributed by atoms with van der Waals surface area (Å²) in [6.45, 7) is 4.24. The number of amides is 1. The molecule has 0 radical (unpaired) electrons. The predicted octanol–water partition coefficient (Wildman–Crippen LogP) is 3.55. The summed E-state index contributed by atoms with van der Waals surface area (Å²) in [6.07, 6.45) is 0. The van der Waals surface area contributed by atoms with Crippen molar-refractivity contribution in [2.45, 2.75) is 20.5 Å². The van der Waals surface area contributed by atoms with Crippen LogP contribution in [0.1, 0.15) is 36.7 Å². The molecule has 0 bridgehead atoms. The van der Waals surface area contributed by atoms with Gasteiger partial charge in [0.2, 0.25) is 0 Å². The zero-order valence-electron chi connectivity index (χ0n) is 13.6. The van der Waals surface area contributed by atoms with E-state index >= 15 is 0 Å². The third-order valence-electron chi connectivity index (χ3n) is 3.53. The summed E-state index contributed by atoms with van der Waals surface area (Å²) in [6, 6.07) is 7.14. The molecule has 0 fully saturated rings. The van der Waals surface area contributed by atoms with Crippen LogP contribution in [0.2, 0.25) is 0 Å². The summed E-state index contributed by atoms with van der Waals surface area (Å²) >= 11 is 1.37. The number of rotatable bonds is 5. The van der Waals surface area contributed by atoms with Crippen molar-refractivity contribution in [1.82, 2.24) is 0 Å². The first-order valence-electron chi connectivity index (χ1n) is 7.05. The number of hydrogen-bond acceptors (Lipinski definition) is 5. The number of thiophene rings is 1. The number of benzene rings is 1. The standard InChI is InChI=1S/C17H19NO4S/c1-10-11(2)23-16(14(10)17(20)22-4)18-15(19)13-7-5-12(6-8-13)9-21-3/h5-8H,9H2,1-4H3,(H,18,19). The van der Waals surface area contributed by atoms with Gasteiger partial charge in [-0.3, -0.25) is 4.79 Å². The smallest absolute Gasteiger partial charge is 0.341 e. The Morgan fingerprint density at radius 1 is 1.13 bits per heavy atom. The van der Waals surface area contributed by atoms with E-state index in [0.717, 1.165) is 16.0 Å². The van der Waals surface area contributed by atoms with Gasteiger partial charge in [-0.25, -0.2) is 4.79 Å². The van der Waals surface area contributed by atoms with Gasteiger partial charge in [0.05, 0.1) is 19.3 Å². The Morgan fingerprint density at radius 2 is 1.78 bits per heavy atom. The molecular formula is C17H19NO4S. The van der Waals surface area contributed by atoms with Gasteiger partial charge in [-0.05, 0) is 37.1 Å². The average Bonchev–Trinajstić information content (AvgIpc) is 2.82. The van der Waals surface area contributed by atoms with E-state index in [2.05, 4.69) is 5.32 Å². The molecule has 6 heteroatoms. The highest BCUT2D eigenvalue weighted by Gasteiger charge is 2.21. The zero-order chi connectivity index (χ0) is 17.0. The van der Waals surface area contributed by atoms with E-state index in [1.54, 1.807) is 19.2 Å². The number of anilines is 1. The van der Waals surface area contributed by atoms with Crippen molar-refractivity contribution in [1.29, 1.82) is 0 Å². The second-order valence-electron chi connectivity index (χ2n) is 5.06. The average molecular weight is 333 g/mol. The fraction of sp³-hybridized carbons (Fsp3) is 0.294. The molecule has 1 aromatic heterocycles. The number of carbonyl (C=O) groups excluding carboxylic acids is 2. The molecular weight excluding hydrogens is 314 g/mol. The molecule has 2 aromatic rings. The number of hydrogen-bond donors (Lipinski definition) is 1. The summed E-state index contributed by atoms with van der Waals surface area (Å²) in [5.74, 6) is -0.710. The molecule has 1 N–H and O–H groups in total. The van der Waals surface area contributed by atoms with Crippen LogP contribution >= 0.6 is 11.3 Å². The quantitative estimate of drug-likeness (QED) is 0.850. The second kappa shape index (κ2) is 7.39. The number of nitrogens with one attached hydrogen (secondary N) is 1. The van der Waals surface area contributed by atoms with Crippen LogP contribution in [0.25, 0.3) is 0 Å². The van der Waals surface area contributed by atoms with Gasteiger partial charge in [0.15, 0.2) is 0 Å². The molecule has 0 saturated heterocycles. The van der Waals surface area contributed by atoms with E-state index in [9.17, 15) is 9.59 Å². The maximum absolute atomic E-state index is 12.4. The zero-order valence-corrected chi connectivity index (χ0v) is 14.4. The minimum Gasteiger partial charge on any atom is -0.465 e. The summed E-state index contributed by atoms with van der Waals surface area (Å²) in [7, 11) is 2.95. The Morgan fingerprint density at radius 3 is 2.35 bits per heavy atom. The van der Waals surface area contributed by atoms with Crippen LogP contribution < -0.4 is 5.32 Å². The molecule has 1 heterocycles. The molecule has 122 valence electrons. The van der Waals surface area contributed by atoms with Crippen LogP contribution in [-0.2, 0) is 16.1 Å². The molecule has 0 saturated carbocycles. The van der Waals surface area contributed by atoms with Gasteiger partial charge >= 0.3 is 5.97 Å². The molecule has 0 aliphatic carbocycles. The monoisotopic (exact) mass is 333 g/mol. The fourth-order valence-electron chi connectivity index (χ4n) is 2.16. The molecule has 5 nitrogen and oxygen atoms in total. The molecule has 0 aliphatic rings. The molecule has 0 unspecified atom stereocenters. The van der Waals surface area contributed by atoms with E-state index in [1.807, 2.05) is 26.0 Å². The second-order valence-corrected chi connectivity index (χ2v) is 6.29. The minimum absolute atomic E-state index is 0.264. The third-order valence-corrected chi connectivity index (χ3v) is 4.65. The Hall–Kier alpha value is -2.18. The van der Waals surface area contributed by atoms with Gasteiger partial charge in [-0.1, -0.05) is 12.1 Å². The highest BCUT2D eigenvalue weighted by Crippen LogP contribution is 2.33. The van der Waals surface area contributed by atoms with Crippen LogP contribution in [0.4, 0.5) is 5.00 Å². The van der Waals surface area contributed by atoms with Gasteiger partial charge in [-0.2, -0.15) is 0 Å². The number of aryl methyl sites for hydroxylation is 1. The molecule has 1 aromatic carbocycles. The highest BCUT2D eigenvalue weighted by atomic mass is 32.1. The Bertz CT molecular complexity index is 719. The van der Waals surface area contributed by atoms with Crippen molar-refractivity contribution in [3.05, 3.63) is 51.4 Å². The first-order chi connectivity index (χ1) is 11.0. The number of esters is 1. The maximum Gasteiger partial charge on any atom is 0.341 e. The van der Waals surface area contributed by atoms with Crippen molar-refractivity contribution >= 4 is 28.2 Å². The molecule has 1 amide bonds. The van der Waals surface area contributed by atoms with Crippen LogP contribution in [0.3, 0.4) is 0 Å². The summed E-state index contributed by atoms with van der Waals surface area (Å²) < 4.78 is 9.85. The first kappa shape index (κ1) is 17.2. The lowest BCUT2D eigenvalue weighted by molar-refractivity contribution is 0.0601. The molecule has 23 heavy (non-hydrogen) atoms. The summed E-state index contributed by atoms with van der Waals surface area (Å²) in [5, 5.41) is 3.31. The van der Waals surface area contributed by atoms with Crippen molar-refractivity contribution in [2.24, 2.45) is 0 Å². The van der Waals surface area contributed by atoms with Gasteiger partial charge < -0.3 is 14.8 Å². The van der Waals surface area contributed by atoms with Crippen LogP contribution in [-0.4, -0.2) is 26.1 Å². The van der Waals surface area contributed by atoms with E-state index in [1.165, 1.54) is 18.4 Å². The molecule has 0 atom stereocenters. The third kappa shape index (κ3) is 3.78. The molecule has 0 spiro atoms.